The summed E-state index contributed by atoms with van der Waals surface area (Å²) in [7, 11) is 0. The molecule has 0 unspecified atom stereocenters. The van der Waals surface area contributed by atoms with Crippen molar-refractivity contribution in [3.63, 3.8) is 0 Å². The predicted molar refractivity (Wildman–Crippen MR) is 46.5 cm³/mol. The molecule has 1 saturated heterocycles. The van der Waals surface area contributed by atoms with E-state index in [0.717, 1.165) is 11.9 Å². The summed E-state index contributed by atoms with van der Waals surface area (Å²) in [5.41, 5.74) is 0.457. The van der Waals surface area contributed by atoms with Crippen molar-refractivity contribution in [2.45, 2.75) is 32.8 Å². The van der Waals surface area contributed by atoms with E-state index in [1.54, 1.807) is 0 Å². The van der Waals surface area contributed by atoms with Gasteiger partial charge in [0, 0.05) is 5.33 Å². The van der Waals surface area contributed by atoms with Crippen molar-refractivity contribution in [3.8, 4) is 0 Å². The highest BCUT2D eigenvalue weighted by Gasteiger charge is 2.33. The Labute approximate surface area is 71.3 Å². The molecule has 0 bridgehead atoms. The molecule has 0 amide bonds. The standard InChI is InChI=1S/C8H15BrO/c1-3-8(2)4-7(5-9)10-6-8/h7H,3-6H2,1-2H3/t7-,8+/m1/s1. The Bertz CT molecular complexity index is 116. The lowest BCUT2D eigenvalue weighted by molar-refractivity contribution is 0.111. The number of halogens is 1. The number of ether oxygens (including phenoxy) is 1. The van der Waals surface area contributed by atoms with E-state index in [-0.39, 0.29) is 0 Å². The first-order valence-electron chi connectivity index (χ1n) is 3.88. The van der Waals surface area contributed by atoms with Crippen molar-refractivity contribution >= 4 is 15.9 Å². The Morgan fingerprint density at radius 3 is 2.70 bits per heavy atom. The monoisotopic (exact) mass is 206 g/mol. The Kier molecular flexibility index (Phi) is 2.75. The molecular formula is C8H15BrO. The van der Waals surface area contributed by atoms with Crippen molar-refractivity contribution in [1.29, 1.82) is 0 Å². The fourth-order valence-electron chi connectivity index (χ4n) is 1.33. The van der Waals surface area contributed by atoms with E-state index in [1.165, 1.54) is 12.8 Å². The lowest BCUT2D eigenvalue weighted by atomic mass is 9.85. The van der Waals surface area contributed by atoms with E-state index in [0.29, 0.717) is 11.5 Å². The second-order valence-electron chi connectivity index (χ2n) is 3.46. The smallest absolute Gasteiger partial charge is 0.0678 e. The summed E-state index contributed by atoms with van der Waals surface area (Å²) in [5.74, 6) is 0. The molecule has 10 heavy (non-hydrogen) atoms. The number of hydrogen-bond donors (Lipinski definition) is 0. The fourth-order valence-corrected chi connectivity index (χ4v) is 1.75. The van der Waals surface area contributed by atoms with Gasteiger partial charge in [-0.2, -0.15) is 0 Å². The zero-order valence-electron chi connectivity index (χ0n) is 6.69. The zero-order chi connectivity index (χ0) is 7.61. The molecule has 0 radical (unpaired) electrons. The van der Waals surface area contributed by atoms with Gasteiger partial charge in [0.15, 0.2) is 0 Å². The maximum Gasteiger partial charge on any atom is 0.0678 e. The van der Waals surface area contributed by atoms with Gasteiger partial charge in [0.1, 0.15) is 0 Å². The van der Waals surface area contributed by atoms with Crippen LogP contribution in [0.5, 0.6) is 0 Å². The van der Waals surface area contributed by atoms with Crippen molar-refractivity contribution in [2.24, 2.45) is 5.41 Å². The average Bonchev–Trinajstić information content (AvgIpc) is 2.33. The van der Waals surface area contributed by atoms with Crippen molar-refractivity contribution in [3.05, 3.63) is 0 Å². The third-order valence-electron chi connectivity index (χ3n) is 2.41. The number of alkyl halides is 1. The van der Waals surface area contributed by atoms with Crippen molar-refractivity contribution in [1.82, 2.24) is 0 Å². The van der Waals surface area contributed by atoms with Crippen LogP contribution in [0.25, 0.3) is 0 Å². The molecule has 0 N–H and O–H groups in total. The summed E-state index contributed by atoms with van der Waals surface area (Å²) in [5, 5.41) is 0.989. The Morgan fingerprint density at radius 1 is 1.70 bits per heavy atom. The van der Waals surface area contributed by atoms with Gasteiger partial charge in [-0.3, -0.25) is 0 Å². The van der Waals surface area contributed by atoms with Gasteiger partial charge in [-0.05, 0) is 18.3 Å². The zero-order valence-corrected chi connectivity index (χ0v) is 8.28. The molecule has 0 saturated carbocycles. The van der Waals surface area contributed by atoms with Crippen LogP contribution in [0.15, 0.2) is 0 Å². The molecule has 1 aliphatic heterocycles. The Balaban J connectivity index is 2.41. The topological polar surface area (TPSA) is 9.23 Å². The molecule has 0 aliphatic carbocycles. The van der Waals surface area contributed by atoms with Crippen LogP contribution in [-0.2, 0) is 4.74 Å². The number of rotatable bonds is 2. The first-order valence-corrected chi connectivity index (χ1v) is 5.00. The third-order valence-corrected chi connectivity index (χ3v) is 3.14. The van der Waals surface area contributed by atoms with Crippen LogP contribution in [0.3, 0.4) is 0 Å². The van der Waals surface area contributed by atoms with Gasteiger partial charge >= 0.3 is 0 Å². The van der Waals surface area contributed by atoms with Crippen LogP contribution < -0.4 is 0 Å². The first-order chi connectivity index (χ1) is 4.70. The van der Waals surface area contributed by atoms with Crippen LogP contribution in [-0.4, -0.2) is 18.0 Å². The van der Waals surface area contributed by atoms with E-state index in [9.17, 15) is 0 Å². The summed E-state index contributed by atoms with van der Waals surface area (Å²) >= 11 is 3.43. The summed E-state index contributed by atoms with van der Waals surface area (Å²) in [6, 6.07) is 0. The Morgan fingerprint density at radius 2 is 2.40 bits per heavy atom. The van der Waals surface area contributed by atoms with Gasteiger partial charge in [-0.25, -0.2) is 0 Å². The normalized spacial score (nSPS) is 40.5. The highest BCUT2D eigenvalue weighted by molar-refractivity contribution is 9.09. The number of hydrogen-bond acceptors (Lipinski definition) is 1. The van der Waals surface area contributed by atoms with Crippen LogP contribution in [0.4, 0.5) is 0 Å². The van der Waals surface area contributed by atoms with E-state index in [2.05, 4.69) is 29.8 Å². The quantitative estimate of drug-likeness (QED) is 0.632. The lowest BCUT2D eigenvalue weighted by Crippen LogP contribution is -2.14. The lowest BCUT2D eigenvalue weighted by Gasteiger charge is -2.18. The fraction of sp³-hybridized carbons (Fsp3) is 1.00. The van der Waals surface area contributed by atoms with E-state index < -0.39 is 0 Å². The molecule has 0 spiro atoms. The minimum absolute atomic E-state index is 0.457. The van der Waals surface area contributed by atoms with Gasteiger partial charge in [0.2, 0.25) is 0 Å². The van der Waals surface area contributed by atoms with Gasteiger partial charge in [0.25, 0.3) is 0 Å². The summed E-state index contributed by atoms with van der Waals surface area (Å²) in [4.78, 5) is 0. The molecule has 60 valence electrons. The van der Waals surface area contributed by atoms with Gasteiger partial charge < -0.3 is 4.74 Å². The minimum Gasteiger partial charge on any atom is -0.377 e. The van der Waals surface area contributed by atoms with Crippen LogP contribution in [0.1, 0.15) is 26.7 Å². The van der Waals surface area contributed by atoms with Gasteiger partial charge in [-0.1, -0.05) is 29.8 Å². The second-order valence-corrected chi connectivity index (χ2v) is 4.10. The summed E-state index contributed by atoms with van der Waals surface area (Å²) in [6.07, 6.45) is 2.91. The molecule has 1 nitrogen and oxygen atoms in total. The maximum absolute atomic E-state index is 5.56. The molecular weight excluding hydrogens is 192 g/mol. The van der Waals surface area contributed by atoms with E-state index in [1.807, 2.05) is 0 Å². The molecule has 1 heterocycles. The van der Waals surface area contributed by atoms with Gasteiger partial charge in [0.05, 0.1) is 12.7 Å². The van der Waals surface area contributed by atoms with Crippen LogP contribution in [0, 0.1) is 5.41 Å². The maximum atomic E-state index is 5.56. The highest BCUT2D eigenvalue weighted by atomic mass is 79.9. The van der Waals surface area contributed by atoms with Gasteiger partial charge in [-0.15, -0.1) is 0 Å². The van der Waals surface area contributed by atoms with Crippen LogP contribution in [0.2, 0.25) is 0 Å². The summed E-state index contributed by atoms with van der Waals surface area (Å²) in [6.45, 7) is 5.48. The predicted octanol–water partition coefficient (Wildman–Crippen LogP) is 2.59. The molecule has 0 aromatic heterocycles. The molecule has 0 aromatic rings. The molecule has 1 rings (SSSR count). The van der Waals surface area contributed by atoms with E-state index >= 15 is 0 Å². The average molecular weight is 207 g/mol. The SMILES string of the molecule is CC[C@]1(C)CO[C@@H](CBr)C1. The van der Waals surface area contributed by atoms with Crippen molar-refractivity contribution < 1.29 is 4.74 Å². The molecule has 1 fully saturated rings. The van der Waals surface area contributed by atoms with Crippen molar-refractivity contribution in [2.75, 3.05) is 11.9 Å². The molecule has 2 heteroatoms. The van der Waals surface area contributed by atoms with E-state index in [4.69, 9.17) is 4.74 Å². The second kappa shape index (κ2) is 3.22. The first kappa shape index (κ1) is 8.54. The Hall–Kier alpha value is 0.440. The largest absolute Gasteiger partial charge is 0.377 e. The minimum atomic E-state index is 0.457. The summed E-state index contributed by atoms with van der Waals surface area (Å²) < 4.78 is 5.56. The van der Waals surface area contributed by atoms with Crippen LogP contribution >= 0.6 is 15.9 Å². The molecule has 1 aliphatic rings. The molecule has 2 atom stereocenters. The molecule has 0 aromatic carbocycles. The third kappa shape index (κ3) is 1.73. The highest BCUT2D eigenvalue weighted by Crippen LogP contribution is 2.35.